The quantitative estimate of drug-likeness (QED) is 0.353. The Morgan fingerprint density at radius 1 is 1.55 bits per heavy atom. The Morgan fingerprint density at radius 3 is 2.09 bits per heavy atom. The van der Waals surface area contributed by atoms with Gasteiger partial charge in [-0.2, -0.15) is 0 Å². The molecule has 3 N–H and O–H groups in total. The summed E-state index contributed by atoms with van der Waals surface area (Å²) >= 11 is 6.84. The lowest BCUT2D eigenvalue weighted by Crippen LogP contribution is -2.20. The van der Waals surface area contributed by atoms with E-state index < -0.39 is 0 Å². The van der Waals surface area contributed by atoms with Crippen molar-refractivity contribution in [3.05, 3.63) is 11.8 Å². The van der Waals surface area contributed by atoms with Crippen molar-refractivity contribution in [3.8, 4) is 0 Å². The van der Waals surface area contributed by atoms with Gasteiger partial charge in [-0.05, 0) is 6.08 Å². The van der Waals surface area contributed by atoms with Gasteiger partial charge >= 0.3 is 0 Å². The molecule has 64 valence electrons. The molecule has 0 bridgehead atoms. The molecule has 0 amide bonds. The van der Waals surface area contributed by atoms with Gasteiger partial charge in [-0.15, -0.1) is 0 Å². The third kappa shape index (κ3) is 4.58. The third-order valence-corrected chi connectivity index (χ3v) is 1.90. The molecular weight excluding hydrogens is 271 g/mol. The molecule has 0 aliphatic carbocycles. The van der Waals surface area contributed by atoms with Gasteiger partial charge in [0.25, 0.3) is 0 Å². The van der Waals surface area contributed by atoms with Gasteiger partial charge in [0.2, 0.25) is 0 Å². The summed E-state index contributed by atoms with van der Waals surface area (Å²) in [6.07, 6.45) is 1.78. The van der Waals surface area contributed by atoms with E-state index >= 15 is 0 Å². The summed E-state index contributed by atoms with van der Waals surface area (Å²) in [6.45, 7) is 6.30. The van der Waals surface area contributed by atoms with Crippen molar-refractivity contribution < 1.29 is 0 Å². The summed E-state index contributed by atoms with van der Waals surface area (Å²) < 4.78 is 3.04. The SMILES string of the molecule is CC(C)(C)/C(=C/C(N)=S)NI. The fraction of sp³-hybridized carbons (Fsp3) is 0.571. The Labute approximate surface area is 87.1 Å². The minimum absolute atomic E-state index is 0.0740. The summed E-state index contributed by atoms with van der Waals surface area (Å²) in [5.41, 5.74) is 6.50. The number of hydrogen-bond donors (Lipinski definition) is 2. The summed E-state index contributed by atoms with van der Waals surface area (Å²) in [7, 11) is 0. The van der Waals surface area contributed by atoms with E-state index in [1.807, 2.05) is 0 Å². The minimum Gasteiger partial charge on any atom is -0.390 e. The number of hydrogen-bond acceptors (Lipinski definition) is 2. The van der Waals surface area contributed by atoms with E-state index in [1.165, 1.54) is 0 Å². The molecule has 0 spiro atoms. The van der Waals surface area contributed by atoms with Gasteiger partial charge in [0.05, 0.1) is 27.9 Å². The Kier molecular flexibility index (Phi) is 4.31. The number of thiocarbonyl (C=S) groups is 1. The van der Waals surface area contributed by atoms with E-state index in [2.05, 4.69) is 47.2 Å². The first-order valence-corrected chi connectivity index (χ1v) is 4.75. The molecule has 0 aliphatic rings. The number of nitrogens with one attached hydrogen (secondary N) is 1. The average Bonchev–Trinajstić information content (AvgIpc) is 1.79. The van der Waals surface area contributed by atoms with Crippen LogP contribution >= 0.6 is 35.1 Å². The van der Waals surface area contributed by atoms with Gasteiger partial charge < -0.3 is 9.26 Å². The molecule has 11 heavy (non-hydrogen) atoms. The maximum Gasteiger partial charge on any atom is 0.0979 e. The molecule has 0 aromatic rings. The molecule has 0 saturated heterocycles. The fourth-order valence-corrected chi connectivity index (χ4v) is 1.61. The molecule has 0 rings (SSSR count). The first-order valence-electron chi connectivity index (χ1n) is 3.26. The molecule has 2 nitrogen and oxygen atoms in total. The van der Waals surface area contributed by atoms with Crippen LogP contribution in [-0.2, 0) is 0 Å². The van der Waals surface area contributed by atoms with Crippen LogP contribution in [0.3, 0.4) is 0 Å². The predicted octanol–water partition coefficient (Wildman–Crippen LogP) is 2.14. The second kappa shape index (κ2) is 4.25. The molecular formula is C7H13IN2S. The molecule has 0 saturated carbocycles. The second-order valence-electron chi connectivity index (χ2n) is 3.30. The van der Waals surface area contributed by atoms with E-state index in [0.29, 0.717) is 4.99 Å². The van der Waals surface area contributed by atoms with E-state index in [-0.39, 0.29) is 5.41 Å². The largest absolute Gasteiger partial charge is 0.390 e. The highest BCUT2D eigenvalue weighted by Gasteiger charge is 2.15. The van der Waals surface area contributed by atoms with Gasteiger partial charge in [-0.1, -0.05) is 33.0 Å². The average molecular weight is 284 g/mol. The van der Waals surface area contributed by atoms with Crippen molar-refractivity contribution >= 4 is 40.1 Å². The lowest BCUT2D eigenvalue weighted by molar-refractivity contribution is 0.492. The minimum atomic E-state index is 0.0740. The van der Waals surface area contributed by atoms with Crippen molar-refractivity contribution in [1.29, 1.82) is 0 Å². The van der Waals surface area contributed by atoms with Crippen molar-refractivity contribution in [3.63, 3.8) is 0 Å². The molecule has 0 heterocycles. The highest BCUT2D eigenvalue weighted by molar-refractivity contribution is 14.1. The van der Waals surface area contributed by atoms with Crippen LogP contribution in [-0.4, -0.2) is 4.99 Å². The summed E-state index contributed by atoms with van der Waals surface area (Å²) in [5, 5.41) is 0. The van der Waals surface area contributed by atoms with Gasteiger partial charge in [0, 0.05) is 11.1 Å². The Bertz CT molecular complexity index is 181. The zero-order valence-corrected chi connectivity index (χ0v) is 9.91. The molecule has 0 atom stereocenters. The lowest BCUT2D eigenvalue weighted by atomic mass is 9.92. The van der Waals surface area contributed by atoms with E-state index in [9.17, 15) is 0 Å². The second-order valence-corrected chi connectivity index (χ2v) is 4.32. The zero-order valence-electron chi connectivity index (χ0n) is 6.94. The van der Waals surface area contributed by atoms with Gasteiger partial charge in [-0.25, -0.2) is 0 Å². The maximum atomic E-state index is 5.38. The summed E-state index contributed by atoms with van der Waals surface area (Å²) in [6, 6.07) is 0. The van der Waals surface area contributed by atoms with Gasteiger partial charge in [0.1, 0.15) is 0 Å². The van der Waals surface area contributed by atoms with Crippen LogP contribution in [0.15, 0.2) is 11.8 Å². The number of allylic oxidation sites excluding steroid dienone is 1. The topological polar surface area (TPSA) is 38.0 Å². The lowest BCUT2D eigenvalue weighted by Gasteiger charge is -2.21. The number of rotatable bonds is 2. The molecule has 0 aromatic heterocycles. The molecule has 0 radical (unpaired) electrons. The van der Waals surface area contributed by atoms with Crippen LogP contribution in [0.1, 0.15) is 20.8 Å². The van der Waals surface area contributed by atoms with E-state index in [4.69, 9.17) is 18.0 Å². The number of nitrogens with two attached hydrogens (primary N) is 1. The van der Waals surface area contributed by atoms with Crippen LogP contribution < -0.4 is 9.26 Å². The molecule has 0 aromatic carbocycles. The Hall–Kier alpha value is 0.160. The smallest absolute Gasteiger partial charge is 0.0979 e. The maximum absolute atomic E-state index is 5.38. The Morgan fingerprint density at radius 2 is 2.00 bits per heavy atom. The van der Waals surface area contributed by atoms with Gasteiger partial charge in [0.15, 0.2) is 0 Å². The summed E-state index contributed by atoms with van der Waals surface area (Å²) in [4.78, 5) is 0.416. The first kappa shape index (κ1) is 11.2. The predicted molar refractivity (Wildman–Crippen MR) is 61.5 cm³/mol. The van der Waals surface area contributed by atoms with Gasteiger partial charge in [-0.3, -0.25) is 0 Å². The Balaban J connectivity index is 4.54. The van der Waals surface area contributed by atoms with Crippen molar-refractivity contribution in [2.75, 3.05) is 0 Å². The first-order chi connectivity index (χ1) is 4.88. The van der Waals surface area contributed by atoms with Crippen LogP contribution in [0, 0.1) is 5.41 Å². The molecule has 4 heteroatoms. The van der Waals surface area contributed by atoms with Crippen LogP contribution in [0.2, 0.25) is 0 Å². The van der Waals surface area contributed by atoms with E-state index in [0.717, 1.165) is 5.70 Å². The van der Waals surface area contributed by atoms with Crippen LogP contribution in [0.4, 0.5) is 0 Å². The van der Waals surface area contributed by atoms with Crippen molar-refractivity contribution in [1.82, 2.24) is 3.53 Å². The zero-order chi connectivity index (χ0) is 9.07. The highest BCUT2D eigenvalue weighted by atomic mass is 127. The molecule has 0 unspecified atom stereocenters. The van der Waals surface area contributed by atoms with Crippen molar-refractivity contribution in [2.24, 2.45) is 11.1 Å². The standard InChI is InChI=1S/C7H13IN2S/c1-7(2,3)5(10-8)4-6(9)11/h4,10H,1-3H3,(H2,9,11)/b5-4-. The summed E-state index contributed by atoms with van der Waals surface area (Å²) in [5.74, 6) is 0. The van der Waals surface area contributed by atoms with Crippen LogP contribution in [0.5, 0.6) is 0 Å². The normalized spacial score (nSPS) is 12.9. The van der Waals surface area contributed by atoms with E-state index in [1.54, 1.807) is 6.08 Å². The molecule has 0 fully saturated rings. The fourth-order valence-electron chi connectivity index (χ4n) is 0.528. The number of halogens is 1. The van der Waals surface area contributed by atoms with Crippen molar-refractivity contribution in [2.45, 2.75) is 20.8 Å². The monoisotopic (exact) mass is 284 g/mol. The molecule has 0 aliphatic heterocycles. The third-order valence-electron chi connectivity index (χ3n) is 1.20. The highest BCUT2D eigenvalue weighted by Crippen LogP contribution is 2.23. The van der Waals surface area contributed by atoms with Crippen LogP contribution in [0.25, 0.3) is 0 Å².